The molecule has 0 bridgehead atoms. The molecular formula is C12H10BrClO5. The van der Waals surface area contributed by atoms with Crippen molar-refractivity contribution in [3.8, 4) is 11.5 Å². The summed E-state index contributed by atoms with van der Waals surface area (Å²) in [6.45, 7) is 2.43. The summed E-state index contributed by atoms with van der Waals surface area (Å²) in [5.74, 6) is -0.991. The fourth-order valence-corrected chi connectivity index (χ4v) is 1.70. The van der Waals surface area contributed by atoms with E-state index in [2.05, 4.69) is 15.9 Å². The minimum Gasteiger partial charge on any atom is -0.423 e. The van der Waals surface area contributed by atoms with E-state index in [1.54, 1.807) is 0 Å². The molecule has 0 aliphatic rings. The average molecular weight is 350 g/mol. The van der Waals surface area contributed by atoms with Gasteiger partial charge < -0.3 is 9.47 Å². The lowest BCUT2D eigenvalue weighted by Gasteiger charge is -2.11. The van der Waals surface area contributed by atoms with Gasteiger partial charge in [-0.2, -0.15) is 0 Å². The summed E-state index contributed by atoms with van der Waals surface area (Å²) in [6.07, 6.45) is 0. The Morgan fingerprint density at radius 1 is 1.11 bits per heavy atom. The number of esters is 2. The molecule has 7 heteroatoms. The highest BCUT2D eigenvalue weighted by Gasteiger charge is 2.18. The predicted octanol–water partition coefficient (Wildman–Crippen LogP) is 2.74. The van der Waals surface area contributed by atoms with Crippen LogP contribution < -0.4 is 9.47 Å². The monoisotopic (exact) mass is 348 g/mol. The van der Waals surface area contributed by atoms with Gasteiger partial charge in [0.2, 0.25) is 5.24 Å². The molecular weight excluding hydrogens is 339 g/mol. The quantitative estimate of drug-likeness (QED) is 0.362. The molecule has 102 valence electrons. The number of hydrogen-bond acceptors (Lipinski definition) is 5. The molecule has 1 aromatic rings. The van der Waals surface area contributed by atoms with E-state index in [0.29, 0.717) is 5.56 Å². The summed E-state index contributed by atoms with van der Waals surface area (Å²) in [7, 11) is 0. The second-order valence-electron chi connectivity index (χ2n) is 3.56. The summed E-state index contributed by atoms with van der Waals surface area (Å²) in [4.78, 5) is 32.3. The minimum absolute atomic E-state index is 0.0440. The van der Waals surface area contributed by atoms with Crippen LogP contribution in [0.3, 0.4) is 0 Å². The molecule has 0 fully saturated rings. The number of carbonyl (C=O) groups is 3. The van der Waals surface area contributed by atoms with Gasteiger partial charge in [-0.15, -0.1) is 0 Å². The van der Waals surface area contributed by atoms with Crippen LogP contribution in [-0.2, 0) is 14.4 Å². The van der Waals surface area contributed by atoms with Crippen LogP contribution in [-0.4, -0.2) is 17.2 Å². The van der Waals surface area contributed by atoms with Crippen molar-refractivity contribution in [2.45, 2.75) is 18.7 Å². The normalized spacial score (nSPS) is 11.6. The van der Waals surface area contributed by atoms with Crippen molar-refractivity contribution in [3.05, 3.63) is 23.8 Å². The topological polar surface area (TPSA) is 69.7 Å². The molecule has 0 spiro atoms. The highest BCUT2D eigenvalue weighted by Crippen LogP contribution is 2.34. The highest BCUT2D eigenvalue weighted by molar-refractivity contribution is 9.09. The predicted molar refractivity (Wildman–Crippen MR) is 71.6 cm³/mol. The Kier molecular flexibility index (Phi) is 5.50. The van der Waals surface area contributed by atoms with Crippen LogP contribution in [0, 0.1) is 0 Å². The molecule has 1 atom stereocenters. The van der Waals surface area contributed by atoms with Gasteiger partial charge in [0.1, 0.15) is 4.83 Å². The first kappa shape index (κ1) is 15.7. The third kappa shape index (κ3) is 4.65. The molecule has 1 unspecified atom stereocenters. The van der Waals surface area contributed by atoms with Crippen molar-refractivity contribution in [1.29, 1.82) is 0 Å². The van der Waals surface area contributed by atoms with Crippen LogP contribution in [0.2, 0.25) is 0 Å². The van der Waals surface area contributed by atoms with E-state index < -0.39 is 22.0 Å². The Bertz CT molecular complexity index is 529. The summed E-state index contributed by atoms with van der Waals surface area (Å²) >= 11 is 8.46. The number of ether oxygens (including phenoxy) is 2. The number of halogens is 2. The van der Waals surface area contributed by atoms with Gasteiger partial charge in [0.05, 0.1) is 0 Å². The van der Waals surface area contributed by atoms with Crippen molar-refractivity contribution in [3.63, 3.8) is 0 Å². The molecule has 0 heterocycles. The summed E-state index contributed by atoms with van der Waals surface area (Å²) in [5, 5.41) is -0.617. The lowest BCUT2D eigenvalue weighted by molar-refractivity contribution is -0.134. The van der Waals surface area contributed by atoms with Crippen LogP contribution in [0.4, 0.5) is 0 Å². The molecule has 1 aromatic carbocycles. The van der Waals surface area contributed by atoms with Crippen molar-refractivity contribution >= 4 is 44.7 Å². The molecule has 5 nitrogen and oxygen atoms in total. The zero-order valence-corrected chi connectivity index (χ0v) is 12.4. The zero-order valence-electron chi connectivity index (χ0n) is 10.1. The maximum absolute atomic E-state index is 11.1. The molecule has 1 rings (SSSR count). The third-order valence-corrected chi connectivity index (χ3v) is 3.39. The largest absolute Gasteiger partial charge is 0.423 e. The van der Waals surface area contributed by atoms with E-state index in [4.69, 9.17) is 21.1 Å². The lowest BCUT2D eigenvalue weighted by Crippen LogP contribution is -2.08. The molecule has 0 saturated heterocycles. The molecule has 0 radical (unpaired) electrons. The number of benzene rings is 1. The van der Waals surface area contributed by atoms with Crippen molar-refractivity contribution in [1.82, 2.24) is 0 Å². The first-order valence-corrected chi connectivity index (χ1v) is 6.45. The molecule has 0 aliphatic carbocycles. The van der Waals surface area contributed by atoms with E-state index in [0.717, 1.165) is 0 Å². The van der Waals surface area contributed by atoms with Gasteiger partial charge in [0.25, 0.3) is 0 Å². The Hall–Kier alpha value is -1.40. The summed E-state index contributed by atoms with van der Waals surface area (Å²) in [6, 6.07) is 4.35. The minimum atomic E-state index is -0.741. The van der Waals surface area contributed by atoms with Crippen LogP contribution >= 0.6 is 27.5 Å². The molecule has 19 heavy (non-hydrogen) atoms. The number of alkyl halides is 1. The Balaban J connectivity index is 3.17. The zero-order chi connectivity index (χ0) is 14.6. The third-order valence-electron chi connectivity index (χ3n) is 1.97. The van der Waals surface area contributed by atoms with E-state index in [1.807, 2.05) is 0 Å². The van der Waals surface area contributed by atoms with Crippen LogP contribution in [0.5, 0.6) is 11.5 Å². The van der Waals surface area contributed by atoms with Gasteiger partial charge in [-0.1, -0.05) is 22.0 Å². The van der Waals surface area contributed by atoms with Crippen LogP contribution in [0.25, 0.3) is 0 Å². The second kappa shape index (κ2) is 6.68. The van der Waals surface area contributed by atoms with E-state index in [-0.39, 0.29) is 11.5 Å². The van der Waals surface area contributed by atoms with Gasteiger partial charge in [-0.3, -0.25) is 14.4 Å². The second-order valence-corrected chi connectivity index (χ2v) is 4.85. The van der Waals surface area contributed by atoms with Crippen molar-refractivity contribution in [2.24, 2.45) is 0 Å². The van der Waals surface area contributed by atoms with E-state index in [1.165, 1.54) is 32.0 Å². The van der Waals surface area contributed by atoms with Crippen molar-refractivity contribution < 1.29 is 23.9 Å². The van der Waals surface area contributed by atoms with Crippen LogP contribution in [0.1, 0.15) is 24.2 Å². The first-order chi connectivity index (χ1) is 8.81. The standard InChI is InChI=1S/C12H10BrClO5/c1-6(15)18-9-4-3-8(11(13)12(14)17)5-10(9)19-7(2)16/h3-5,11H,1-2H3. The molecule has 0 aliphatic heterocycles. The fourth-order valence-electron chi connectivity index (χ4n) is 1.29. The molecule has 0 amide bonds. The Morgan fingerprint density at radius 3 is 2.11 bits per heavy atom. The van der Waals surface area contributed by atoms with Gasteiger partial charge in [-0.05, 0) is 29.3 Å². The molecule has 0 saturated carbocycles. The summed E-state index contributed by atoms with van der Waals surface area (Å²) in [5.41, 5.74) is 0.479. The van der Waals surface area contributed by atoms with Gasteiger partial charge in [0, 0.05) is 13.8 Å². The Labute approximate surface area is 123 Å². The fraction of sp³-hybridized carbons (Fsp3) is 0.250. The average Bonchev–Trinajstić information content (AvgIpc) is 2.29. The Morgan fingerprint density at radius 2 is 1.63 bits per heavy atom. The van der Waals surface area contributed by atoms with Gasteiger partial charge in [-0.25, -0.2) is 0 Å². The number of rotatable bonds is 4. The first-order valence-electron chi connectivity index (χ1n) is 5.15. The van der Waals surface area contributed by atoms with E-state index >= 15 is 0 Å². The van der Waals surface area contributed by atoms with Gasteiger partial charge in [0.15, 0.2) is 11.5 Å². The number of carbonyl (C=O) groups excluding carboxylic acids is 3. The number of hydrogen-bond donors (Lipinski definition) is 0. The van der Waals surface area contributed by atoms with Gasteiger partial charge >= 0.3 is 11.9 Å². The summed E-state index contributed by atoms with van der Waals surface area (Å²) < 4.78 is 9.82. The smallest absolute Gasteiger partial charge is 0.308 e. The maximum atomic E-state index is 11.1. The van der Waals surface area contributed by atoms with Crippen LogP contribution in [0.15, 0.2) is 18.2 Å². The molecule has 0 aromatic heterocycles. The SMILES string of the molecule is CC(=O)Oc1ccc(C(Br)C(=O)Cl)cc1OC(C)=O. The van der Waals surface area contributed by atoms with E-state index in [9.17, 15) is 14.4 Å². The van der Waals surface area contributed by atoms with Crippen molar-refractivity contribution in [2.75, 3.05) is 0 Å². The highest BCUT2D eigenvalue weighted by atomic mass is 79.9. The lowest BCUT2D eigenvalue weighted by atomic mass is 10.1. The molecule has 0 N–H and O–H groups in total. The maximum Gasteiger partial charge on any atom is 0.308 e.